The first kappa shape index (κ1) is 27.3. The summed E-state index contributed by atoms with van der Waals surface area (Å²) in [6.07, 6.45) is 4.41. The molecule has 0 spiro atoms. The maximum atomic E-state index is 13.7. The Labute approximate surface area is 237 Å². The van der Waals surface area contributed by atoms with Crippen molar-refractivity contribution in [2.75, 3.05) is 11.5 Å². The number of allylic oxidation sites excluding steroid dienone is 1. The van der Waals surface area contributed by atoms with Gasteiger partial charge in [-0.05, 0) is 90.7 Å². The number of fused-ring (bicyclic) bond motifs is 3. The van der Waals surface area contributed by atoms with Gasteiger partial charge >= 0.3 is 7.12 Å². The highest BCUT2D eigenvalue weighted by molar-refractivity contribution is 6.43. The molecule has 210 valence electrons. The van der Waals surface area contributed by atoms with Crippen LogP contribution in [0.4, 0.5) is 5.69 Å². The lowest BCUT2D eigenvalue weighted by Gasteiger charge is -2.42. The zero-order valence-electron chi connectivity index (χ0n) is 22.4. The van der Waals surface area contributed by atoms with Crippen molar-refractivity contribution < 1.29 is 33.9 Å². The van der Waals surface area contributed by atoms with E-state index in [1.807, 2.05) is 30.3 Å². The molecule has 2 fully saturated rings. The number of aromatic nitrogens is 1. The molecule has 41 heavy (non-hydrogen) atoms. The molecular formula is C31H31BN2O7. The Morgan fingerprint density at radius 3 is 2.51 bits per heavy atom. The topological polar surface area (TPSA) is 133 Å². The zero-order valence-corrected chi connectivity index (χ0v) is 22.4. The van der Waals surface area contributed by atoms with Gasteiger partial charge in [-0.25, -0.2) is 0 Å². The Bertz CT molecular complexity index is 1490. The monoisotopic (exact) mass is 554 g/mol. The molecule has 1 aliphatic carbocycles. The Morgan fingerprint density at radius 2 is 1.80 bits per heavy atom. The van der Waals surface area contributed by atoms with Crippen LogP contribution in [0.2, 0.25) is 6.32 Å². The Hall–Kier alpha value is -3.83. The lowest BCUT2D eigenvalue weighted by molar-refractivity contribution is -0.122. The van der Waals surface area contributed by atoms with Crippen LogP contribution in [0.3, 0.4) is 0 Å². The van der Waals surface area contributed by atoms with Gasteiger partial charge in [0.1, 0.15) is 18.1 Å². The highest BCUT2D eigenvalue weighted by Gasteiger charge is 2.57. The first-order valence-corrected chi connectivity index (χ1v) is 13.9. The van der Waals surface area contributed by atoms with Crippen molar-refractivity contribution in [3.8, 4) is 0 Å². The molecule has 6 rings (SSSR count). The molecule has 2 aromatic heterocycles. The second-order valence-corrected chi connectivity index (χ2v) is 10.7. The van der Waals surface area contributed by atoms with Crippen LogP contribution in [0.1, 0.15) is 36.5 Å². The number of para-hydroxylation sites is 1. The number of benzene rings is 1. The van der Waals surface area contributed by atoms with Gasteiger partial charge in [-0.15, -0.1) is 0 Å². The fraction of sp³-hybridized carbons (Fsp3) is 0.323. The lowest BCUT2D eigenvalue weighted by Crippen LogP contribution is -2.46. The Kier molecular flexibility index (Phi) is 7.72. The predicted octanol–water partition coefficient (Wildman–Crippen LogP) is 3.48. The van der Waals surface area contributed by atoms with E-state index < -0.39 is 31.0 Å². The third-order valence-electron chi connectivity index (χ3n) is 8.34. The van der Waals surface area contributed by atoms with E-state index >= 15 is 0 Å². The molecule has 4 atom stereocenters. The summed E-state index contributed by atoms with van der Waals surface area (Å²) in [5, 5.41) is 30.6. The molecule has 2 aliphatic heterocycles. The molecule has 0 saturated carbocycles. The third kappa shape index (κ3) is 5.20. The van der Waals surface area contributed by atoms with Crippen LogP contribution in [0.15, 0.2) is 82.4 Å². The minimum absolute atomic E-state index is 0.178. The minimum Gasteiger partial charge on any atom is -0.459 e. The summed E-state index contributed by atoms with van der Waals surface area (Å²) in [6.45, 7) is -0.456. The van der Waals surface area contributed by atoms with E-state index in [4.69, 9.17) is 9.07 Å². The number of furan rings is 1. The summed E-state index contributed by atoms with van der Waals surface area (Å²) in [6, 6.07) is 18.0. The summed E-state index contributed by atoms with van der Waals surface area (Å²) < 4.78 is 11.7. The van der Waals surface area contributed by atoms with Crippen LogP contribution in [-0.2, 0) is 20.9 Å². The molecule has 9 nitrogen and oxygen atoms in total. The normalized spacial score (nSPS) is 24.6. The molecule has 0 radical (unpaired) electrons. The molecule has 3 aliphatic rings. The number of imide groups is 1. The summed E-state index contributed by atoms with van der Waals surface area (Å²) in [5.41, 5.74) is 3.66. The van der Waals surface area contributed by atoms with Gasteiger partial charge in [-0.3, -0.25) is 19.5 Å². The van der Waals surface area contributed by atoms with Crippen molar-refractivity contribution in [3.05, 3.63) is 95.2 Å². The average Bonchev–Trinajstić information content (AvgIpc) is 3.56. The predicted molar refractivity (Wildman–Crippen MR) is 152 cm³/mol. The molecule has 2 amide bonds. The van der Waals surface area contributed by atoms with Crippen molar-refractivity contribution in [2.24, 2.45) is 17.8 Å². The second-order valence-electron chi connectivity index (χ2n) is 10.7. The number of carbonyl (C=O) groups is 2. The molecule has 1 aromatic carbocycles. The summed E-state index contributed by atoms with van der Waals surface area (Å²) >= 11 is 0. The van der Waals surface area contributed by atoms with E-state index in [0.717, 1.165) is 16.8 Å². The van der Waals surface area contributed by atoms with Crippen LogP contribution < -0.4 is 4.90 Å². The van der Waals surface area contributed by atoms with Crippen molar-refractivity contribution in [1.82, 2.24) is 4.98 Å². The number of aliphatic hydroxyl groups excluding tert-OH is 2. The average molecular weight is 554 g/mol. The van der Waals surface area contributed by atoms with Gasteiger partial charge in [0.15, 0.2) is 0 Å². The second kappa shape index (κ2) is 11.6. The molecule has 0 unspecified atom stereocenters. The van der Waals surface area contributed by atoms with Crippen molar-refractivity contribution >= 4 is 36.3 Å². The van der Waals surface area contributed by atoms with Crippen LogP contribution in [-0.4, -0.2) is 51.9 Å². The highest BCUT2D eigenvalue weighted by atomic mass is 16.5. The molecule has 2 saturated heterocycles. The number of hydrogen-bond acceptors (Lipinski definition) is 8. The first-order chi connectivity index (χ1) is 20.0. The summed E-state index contributed by atoms with van der Waals surface area (Å²) in [4.78, 5) is 33.0. The van der Waals surface area contributed by atoms with Crippen LogP contribution in [0, 0.1) is 17.8 Å². The van der Waals surface area contributed by atoms with Gasteiger partial charge in [-0.1, -0.05) is 24.3 Å². The van der Waals surface area contributed by atoms with E-state index in [-0.39, 0.29) is 37.8 Å². The standard InChI is InChI=1S/C31H31BN2O7/c35-17-20-15-24-29(31(38)34(30(24)37)21-6-2-1-3-7-21)25-16-32(39)41-27(28(20)25)12-9-19(26-8-4-5-13-33-26)14-22-10-11-23(18-36)40-22/h1-8,10-11,13-14,24-25,27,29,35-36,39H,9,12,15-18H2/b19-14-/t24-,25+,27-,29-/m1/s1. The quantitative estimate of drug-likeness (QED) is 0.219. The third-order valence-corrected chi connectivity index (χ3v) is 8.34. The SMILES string of the molecule is O=C1[C@@H]2[C@@H](CC(CO)=C3[C@@H](CC/C(=C/c4ccc(CO)o4)c4ccccn4)OB(O)C[C@@H]32)C(=O)N1c1ccccc1. The number of pyridine rings is 1. The number of nitrogens with zero attached hydrogens (tertiary/aromatic N) is 2. The van der Waals surface area contributed by atoms with Gasteiger partial charge in [0, 0.05) is 6.20 Å². The molecular weight excluding hydrogens is 523 g/mol. The largest absolute Gasteiger partial charge is 0.459 e. The van der Waals surface area contributed by atoms with Gasteiger partial charge < -0.3 is 24.3 Å². The van der Waals surface area contributed by atoms with Crippen LogP contribution in [0.5, 0.6) is 0 Å². The lowest BCUT2D eigenvalue weighted by atomic mass is 9.58. The Morgan fingerprint density at radius 1 is 1.00 bits per heavy atom. The molecule has 0 bridgehead atoms. The molecule has 3 aromatic rings. The maximum Gasteiger partial charge on any atom is 0.455 e. The first-order valence-electron chi connectivity index (χ1n) is 13.9. The van der Waals surface area contributed by atoms with Crippen molar-refractivity contribution in [3.63, 3.8) is 0 Å². The van der Waals surface area contributed by atoms with E-state index in [2.05, 4.69) is 4.98 Å². The maximum absolute atomic E-state index is 13.7. The Balaban J connectivity index is 1.30. The minimum atomic E-state index is -1.11. The van der Waals surface area contributed by atoms with Gasteiger partial charge in [-0.2, -0.15) is 0 Å². The number of hydrogen-bond donors (Lipinski definition) is 3. The van der Waals surface area contributed by atoms with Gasteiger partial charge in [0.25, 0.3) is 0 Å². The summed E-state index contributed by atoms with van der Waals surface area (Å²) in [7, 11) is -1.11. The molecule has 4 heterocycles. The van der Waals surface area contributed by atoms with E-state index in [0.29, 0.717) is 35.6 Å². The van der Waals surface area contributed by atoms with Gasteiger partial charge in [0.05, 0.1) is 35.9 Å². The smallest absolute Gasteiger partial charge is 0.455 e. The zero-order chi connectivity index (χ0) is 28.5. The van der Waals surface area contributed by atoms with Crippen LogP contribution >= 0.6 is 0 Å². The molecule has 3 N–H and O–H groups in total. The molecule has 10 heteroatoms. The van der Waals surface area contributed by atoms with Crippen molar-refractivity contribution in [1.29, 1.82) is 0 Å². The van der Waals surface area contributed by atoms with E-state index in [1.54, 1.807) is 42.6 Å². The van der Waals surface area contributed by atoms with E-state index in [9.17, 15) is 24.8 Å². The number of anilines is 1. The van der Waals surface area contributed by atoms with Crippen LogP contribution in [0.25, 0.3) is 11.6 Å². The summed E-state index contributed by atoms with van der Waals surface area (Å²) in [5.74, 6) is -1.15. The highest BCUT2D eigenvalue weighted by Crippen LogP contribution is 2.51. The van der Waals surface area contributed by atoms with Gasteiger partial charge in [0.2, 0.25) is 11.8 Å². The fourth-order valence-electron chi connectivity index (χ4n) is 6.58. The number of carbonyl (C=O) groups excluding carboxylic acids is 2. The van der Waals surface area contributed by atoms with Crippen molar-refractivity contribution in [2.45, 2.75) is 38.3 Å². The number of aliphatic hydroxyl groups is 2. The number of rotatable bonds is 8. The fourth-order valence-corrected chi connectivity index (χ4v) is 6.58. The number of amides is 2. The van der Waals surface area contributed by atoms with E-state index in [1.165, 1.54) is 4.90 Å².